The number of nitrogens with zero attached hydrogens (tertiary/aromatic N) is 4. The molecule has 104 valence electrons. The van der Waals surface area contributed by atoms with Crippen LogP contribution < -0.4 is 0 Å². The van der Waals surface area contributed by atoms with Gasteiger partial charge in [0.15, 0.2) is 5.69 Å². The summed E-state index contributed by atoms with van der Waals surface area (Å²) < 4.78 is 39.6. The summed E-state index contributed by atoms with van der Waals surface area (Å²) in [5.41, 5.74) is -0.0713. The van der Waals surface area contributed by atoms with E-state index in [1.807, 2.05) is 0 Å². The van der Waals surface area contributed by atoms with E-state index in [9.17, 15) is 18.0 Å². The zero-order valence-electron chi connectivity index (χ0n) is 10.1. The quantitative estimate of drug-likeness (QED) is 0.787. The van der Waals surface area contributed by atoms with Crippen LogP contribution in [0.3, 0.4) is 0 Å². The predicted molar refractivity (Wildman–Crippen MR) is 60.3 cm³/mol. The van der Waals surface area contributed by atoms with Crippen molar-refractivity contribution in [2.45, 2.75) is 31.6 Å². The molecule has 1 amide bonds. The standard InChI is InChI=1S/C11H13F3N4O/c1-2-5-17-7-8(15-16-17)10(19)18-6-3-4-9(18)11(12,13)14/h2,7,9H,1,3-6H2/t9-/m0/s1. The molecule has 2 heterocycles. The third-order valence-electron chi connectivity index (χ3n) is 2.97. The first-order valence-electron chi connectivity index (χ1n) is 5.82. The maximum Gasteiger partial charge on any atom is 0.408 e. The summed E-state index contributed by atoms with van der Waals surface area (Å²) in [6.07, 6.45) is -1.23. The second-order valence-electron chi connectivity index (χ2n) is 4.31. The Kier molecular flexibility index (Phi) is 3.59. The molecule has 1 aliphatic heterocycles. The number of alkyl halides is 3. The van der Waals surface area contributed by atoms with Crippen LogP contribution in [0.2, 0.25) is 0 Å². The first-order valence-corrected chi connectivity index (χ1v) is 5.82. The molecule has 0 radical (unpaired) electrons. The maximum atomic E-state index is 12.8. The number of halogens is 3. The monoisotopic (exact) mass is 274 g/mol. The van der Waals surface area contributed by atoms with Crippen molar-refractivity contribution in [2.24, 2.45) is 0 Å². The van der Waals surface area contributed by atoms with E-state index in [1.54, 1.807) is 6.08 Å². The van der Waals surface area contributed by atoms with Gasteiger partial charge >= 0.3 is 6.18 Å². The highest BCUT2D eigenvalue weighted by Gasteiger charge is 2.48. The smallest absolute Gasteiger partial charge is 0.325 e. The minimum Gasteiger partial charge on any atom is -0.325 e. The Morgan fingerprint density at radius 1 is 1.58 bits per heavy atom. The minimum atomic E-state index is -4.40. The first kappa shape index (κ1) is 13.6. The van der Waals surface area contributed by atoms with Crippen molar-refractivity contribution in [2.75, 3.05) is 6.54 Å². The second-order valence-corrected chi connectivity index (χ2v) is 4.31. The molecular formula is C11H13F3N4O. The van der Waals surface area contributed by atoms with Gasteiger partial charge in [-0.1, -0.05) is 11.3 Å². The highest BCUT2D eigenvalue weighted by molar-refractivity contribution is 5.92. The fraction of sp³-hybridized carbons (Fsp3) is 0.545. The van der Waals surface area contributed by atoms with E-state index >= 15 is 0 Å². The molecule has 8 heteroatoms. The molecule has 1 aromatic heterocycles. The molecule has 1 atom stereocenters. The van der Waals surface area contributed by atoms with Crippen LogP contribution >= 0.6 is 0 Å². The fourth-order valence-corrected chi connectivity index (χ4v) is 2.12. The van der Waals surface area contributed by atoms with Gasteiger partial charge in [0, 0.05) is 6.54 Å². The van der Waals surface area contributed by atoms with Crippen LogP contribution in [0.5, 0.6) is 0 Å². The van der Waals surface area contributed by atoms with E-state index < -0.39 is 18.1 Å². The molecule has 0 aliphatic carbocycles. The summed E-state index contributed by atoms with van der Waals surface area (Å²) >= 11 is 0. The molecule has 0 bridgehead atoms. The zero-order valence-corrected chi connectivity index (χ0v) is 10.1. The minimum absolute atomic E-state index is 0.0595. The average molecular weight is 274 g/mol. The number of carbonyl (C=O) groups is 1. The second kappa shape index (κ2) is 5.02. The SMILES string of the molecule is C=CCn1cc(C(=O)N2CCC[C@H]2C(F)(F)F)nn1. The summed E-state index contributed by atoms with van der Waals surface area (Å²) in [6, 6.07) is -1.72. The van der Waals surface area contributed by atoms with Crippen LogP contribution in [-0.4, -0.2) is 44.6 Å². The Morgan fingerprint density at radius 3 is 2.95 bits per heavy atom. The number of rotatable bonds is 3. The summed E-state index contributed by atoms with van der Waals surface area (Å²) in [6.45, 7) is 3.94. The van der Waals surface area contributed by atoms with Gasteiger partial charge in [-0.15, -0.1) is 11.7 Å². The van der Waals surface area contributed by atoms with Crippen molar-refractivity contribution in [1.29, 1.82) is 0 Å². The number of likely N-dealkylation sites (tertiary alicyclic amines) is 1. The molecule has 0 unspecified atom stereocenters. The zero-order chi connectivity index (χ0) is 14.0. The molecule has 0 aromatic carbocycles. The third-order valence-corrected chi connectivity index (χ3v) is 2.97. The van der Waals surface area contributed by atoms with Gasteiger partial charge in [-0.3, -0.25) is 4.79 Å². The lowest BCUT2D eigenvalue weighted by molar-refractivity contribution is -0.169. The molecule has 1 aromatic rings. The topological polar surface area (TPSA) is 51.0 Å². The Hall–Kier alpha value is -1.86. The van der Waals surface area contributed by atoms with Crippen molar-refractivity contribution >= 4 is 5.91 Å². The van der Waals surface area contributed by atoms with Crippen LogP contribution in [0.1, 0.15) is 23.3 Å². The first-order chi connectivity index (χ1) is 8.93. The number of hydrogen-bond acceptors (Lipinski definition) is 3. The van der Waals surface area contributed by atoms with Crippen molar-refractivity contribution in [3.8, 4) is 0 Å². The number of allylic oxidation sites excluding steroid dienone is 1. The molecule has 19 heavy (non-hydrogen) atoms. The molecule has 1 aliphatic rings. The third kappa shape index (κ3) is 2.77. The summed E-state index contributed by atoms with van der Waals surface area (Å²) in [5.74, 6) is -0.727. The summed E-state index contributed by atoms with van der Waals surface area (Å²) in [7, 11) is 0. The van der Waals surface area contributed by atoms with E-state index in [4.69, 9.17) is 0 Å². The largest absolute Gasteiger partial charge is 0.408 e. The Labute approximate surface area is 107 Å². The number of aromatic nitrogens is 3. The van der Waals surface area contributed by atoms with Crippen molar-refractivity contribution < 1.29 is 18.0 Å². The number of amides is 1. The van der Waals surface area contributed by atoms with Gasteiger partial charge < -0.3 is 4.90 Å². The Bertz CT molecular complexity index is 483. The maximum absolute atomic E-state index is 12.8. The van der Waals surface area contributed by atoms with E-state index in [2.05, 4.69) is 16.9 Å². The lowest BCUT2D eigenvalue weighted by Crippen LogP contribution is -2.44. The van der Waals surface area contributed by atoms with E-state index in [0.29, 0.717) is 13.0 Å². The lowest BCUT2D eigenvalue weighted by atomic mass is 10.2. The normalized spacial score (nSPS) is 19.7. The number of hydrogen-bond donors (Lipinski definition) is 0. The van der Waals surface area contributed by atoms with Crippen LogP contribution in [-0.2, 0) is 6.54 Å². The molecule has 2 rings (SSSR count). The van der Waals surface area contributed by atoms with E-state index in [-0.39, 0.29) is 18.7 Å². The molecule has 0 spiro atoms. The molecule has 0 saturated carbocycles. The highest BCUT2D eigenvalue weighted by atomic mass is 19.4. The van der Waals surface area contributed by atoms with Gasteiger partial charge in [0.1, 0.15) is 6.04 Å². The van der Waals surface area contributed by atoms with Crippen LogP contribution in [0.25, 0.3) is 0 Å². The van der Waals surface area contributed by atoms with Crippen molar-refractivity contribution in [3.05, 3.63) is 24.5 Å². The van der Waals surface area contributed by atoms with Gasteiger partial charge in [0.25, 0.3) is 5.91 Å². The van der Waals surface area contributed by atoms with Gasteiger partial charge in [-0.25, -0.2) is 4.68 Å². The highest BCUT2D eigenvalue weighted by Crippen LogP contribution is 2.33. The fourth-order valence-electron chi connectivity index (χ4n) is 2.12. The van der Waals surface area contributed by atoms with Gasteiger partial charge in [0.2, 0.25) is 0 Å². The summed E-state index contributed by atoms with van der Waals surface area (Å²) in [5, 5.41) is 7.25. The van der Waals surface area contributed by atoms with Crippen LogP contribution in [0.15, 0.2) is 18.9 Å². The molecule has 0 N–H and O–H groups in total. The molecule has 1 saturated heterocycles. The van der Waals surface area contributed by atoms with Gasteiger partial charge in [-0.2, -0.15) is 13.2 Å². The summed E-state index contributed by atoms with van der Waals surface area (Å²) in [4.78, 5) is 12.8. The number of carbonyl (C=O) groups excluding carboxylic acids is 1. The molecule has 1 fully saturated rings. The molecule has 5 nitrogen and oxygen atoms in total. The van der Waals surface area contributed by atoms with Crippen LogP contribution in [0, 0.1) is 0 Å². The predicted octanol–water partition coefficient (Wildman–Crippen LogP) is 1.63. The van der Waals surface area contributed by atoms with Crippen LogP contribution in [0.4, 0.5) is 13.2 Å². The Morgan fingerprint density at radius 2 is 2.32 bits per heavy atom. The van der Waals surface area contributed by atoms with Crippen molar-refractivity contribution in [3.63, 3.8) is 0 Å². The van der Waals surface area contributed by atoms with E-state index in [1.165, 1.54) is 10.9 Å². The average Bonchev–Trinajstić information content (AvgIpc) is 2.95. The van der Waals surface area contributed by atoms with E-state index in [0.717, 1.165) is 4.90 Å². The van der Waals surface area contributed by atoms with Gasteiger partial charge in [0.05, 0.1) is 12.7 Å². The molecular weight excluding hydrogens is 261 g/mol. The van der Waals surface area contributed by atoms with Crippen molar-refractivity contribution in [1.82, 2.24) is 19.9 Å². The lowest BCUT2D eigenvalue weighted by Gasteiger charge is -2.25. The van der Waals surface area contributed by atoms with Gasteiger partial charge in [-0.05, 0) is 12.8 Å². The Balaban J connectivity index is 2.16.